The van der Waals surface area contributed by atoms with Crippen molar-refractivity contribution in [1.82, 2.24) is 4.98 Å². The molecule has 1 aromatic heterocycles. The second kappa shape index (κ2) is 7.81. The second-order valence-electron chi connectivity index (χ2n) is 5.22. The molecule has 25 heavy (non-hydrogen) atoms. The Morgan fingerprint density at radius 1 is 1.04 bits per heavy atom. The molecule has 0 aliphatic carbocycles. The van der Waals surface area contributed by atoms with Crippen LogP contribution in [0.1, 0.15) is 10.5 Å². The molecule has 3 rings (SSSR count). The summed E-state index contributed by atoms with van der Waals surface area (Å²) in [4.78, 5) is 16.6. The molecule has 0 spiro atoms. The first kappa shape index (κ1) is 17.0. The minimum absolute atomic E-state index is 0.293. The number of aromatic nitrogens is 1. The van der Waals surface area contributed by atoms with E-state index in [0.29, 0.717) is 17.1 Å². The van der Waals surface area contributed by atoms with Crippen molar-refractivity contribution in [3.63, 3.8) is 0 Å². The molecule has 0 unspecified atom stereocenters. The third kappa shape index (κ3) is 4.36. The maximum absolute atomic E-state index is 12.3. The predicted octanol–water partition coefficient (Wildman–Crippen LogP) is 4.85. The number of benzene rings is 2. The van der Waals surface area contributed by atoms with Gasteiger partial charge in [0.15, 0.2) is 0 Å². The van der Waals surface area contributed by atoms with Crippen LogP contribution in [0.25, 0.3) is 0 Å². The molecular weight excluding hydrogens is 382 g/mol. The van der Waals surface area contributed by atoms with E-state index in [4.69, 9.17) is 4.74 Å². The van der Waals surface area contributed by atoms with Gasteiger partial charge in [0.2, 0.25) is 0 Å². The number of halogens is 1. The molecule has 1 amide bonds. The minimum Gasteiger partial charge on any atom is -0.495 e. The quantitative estimate of drug-likeness (QED) is 0.645. The number of nitrogens with one attached hydrogen (secondary N) is 2. The maximum Gasteiger partial charge on any atom is 0.274 e. The van der Waals surface area contributed by atoms with Crippen LogP contribution in [0.2, 0.25) is 0 Å². The van der Waals surface area contributed by atoms with Crippen LogP contribution >= 0.6 is 15.9 Å². The molecule has 126 valence electrons. The number of hydrogen-bond acceptors (Lipinski definition) is 4. The Labute approximate surface area is 154 Å². The van der Waals surface area contributed by atoms with Gasteiger partial charge in [-0.3, -0.25) is 4.79 Å². The first-order valence-corrected chi connectivity index (χ1v) is 8.38. The minimum atomic E-state index is -0.293. The fraction of sp³-hybridized carbons (Fsp3) is 0.0526. The van der Waals surface area contributed by atoms with Gasteiger partial charge in [-0.1, -0.05) is 34.1 Å². The molecule has 3 aromatic rings. The van der Waals surface area contributed by atoms with Gasteiger partial charge in [0.05, 0.1) is 24.7 Å². The average Bonchev–Trinajstić information content (AvgIpc) is 2.63. The lowest BCUT2D eigenvalue weighted by atomic mass is 10.2. The second-order valence-corrected chi connectivity index (χ2v) is 6.14. The highest BCUT2D eigenvalue weighted by atomic mass is 79.9. The third-order valence-corrected chi connectivity index (χ3v) is 3.96. The molecule has 0 bridgehead atoms. The van der Waals surface area contributed by atoms with E-state index in [-0.39, 0.29) is 5.91 Å². The van der Waals surface area contributed by atoms with E-state index in [9.17, 15) is 4.79 Å². The van der Waals surface area contributed by atoms with E-state index in [1.807, 2.05) is 42.5 Å². The van der Waals surface area contributed by atoms with Crippen LogP contribution in [-0.2, 0) is 0 Å². The van der Waals surface area contributed by atoms with Crippen molar-refractivity contribution in [3.05, 3.63) is 77.0 Å². The average molecular weight is 398 g/mol. The lowest BCUT2D eigenvalue weighted by molar-refractivity contribution is 0.102. The van der Waals surface area contributed by atoms with Gasteiger partial charge in [-0.2, -0.15) is 0 Å². The number of ether oxygens (including phenoxy) is 1. The molecule has 0 radical (unpaired) electrons. The number of amides is 1. The number of rotatable bonds is 5. The summed E-state index contributed by atoms with van der Waals surface area (Å²) in [6.45, 7) is 0. The van der Waals surface area contributed by atoms with E-state index in [1.54, 1.807) is 31.5 Å². The van der Waals surface area contributed by atoms with Crippen LogP contribution < -0.4 is 15.4 Å². The molecular formula is C19H16BrN3O2. The Balaban J connectivity index is 1.70. The van der Waals surface area contributed by atoms with E-state index in [2.05, 4.69) is 31.5 Å². The van der Waals surface area contributed by atoms with Gasteiger partial charge < -0.3 is 15.4 Å². The van der Waals surface area contributed by atoms with Gasteiger partial charge in [-0.25, -0.2) is 4.98 Å². The summed E-state index contributed by atoms with van der Waals surface area (Å²) < 4.78 is 6.21. The van der Waals surface area contributed by atoms with Crippen molar-refractivity contribution < 1.29 is 9.53 Å². The first-order chi connectivity index (χ1) is 12.2. The van der Waals surface area contributed by atoms with E-state index >= 15 is 0 Å². The zero-order valence-electron chi connectivity index (χ0n) is 13.5. The molecule has 5 nitrogen and oxygen atoms in total. The van der Waals surface area contributed by atoms with Crippen LogP contribution in [0.15, 0.2) is 71.3 Å². The first-order valence-electron chi connectivity index (χ1n) is 7.59. The highest BCUT2D eigenvalue weighted by molar-refractivity contribution is 9.10. The summed E-state index contributed by atoms with van der Waals surface area (Å²) in [5.41, 5.74) is 2.66. The van der Waals surface area contributed by atoms with Crippen LogP contribution in [-0.4, -0.2) is 18.0 Å². The Kier molecular flexibility index (Phi) is 5.30. The lowest BCUT2D eigenvalue weighted by Crippen LogP contribution is -2.14. The number of anilines is 3. The van der Waals surface area contributed by atoms with E-state index < -0.39 is 0 Å². The molecule has 2 N–H and O–H groups in total. The van der Waals surface area contributed by atoms with Crippen molar-refractivity contribution in [2.75, 3.05) is 17.7 Å². The predicted molar refractivity (Wildman–Crippen MR) is 103 cm³/mol. The molecule has 0 atom stereocenters. The molecule has 0 saturated heterocycles. The third-order valence-electron chi connectivity index (χ3n) is 3.46. The smallest absolute Gasteiger partial charge is 0.274 e. The lowest BCUT2D eigenvalue weighted by Gasteiger charge is -2.10. The maximum atomic E-state index is 12.3. The highest BCUT2D eigenvalue weighted by Gasteiger charge is 2.10. The molecule has 2 aromatic carbocycles. The van der Waals surface area contributed by atoms with Crippen LogP contribution in [0.4, 0.5) is 17.1 Å². The van der Waals surface area contributed by atoms with Crippen molar-refractivity contribution in [2.24, 2.45) is 0 Å². The van der Waals surface area contributed by atoms with Crippen molar-refractivity contribution in [2.45, 2.75) is 0 Å². The molecule has 0 saturated carbocycles. The van der Waals surface area contributed by atoms with E-state index in [0.717, 1.165) is 15.8 Å². The summed E-state index contributed by atoms with van der Waals surface area (Å²) in [6.07, 6.45) is 1.62. The number of para-hydroxylation sites is 2. The number of methoxy groups -OCH3 is 1. The van der Waals surface area contributed by atoms with Gasteiger partial charge in [-0.15, -0.1) is 0 Å². The summed E-state index contributed by atoms with van der Waals surface area (Å²) in [6, 6.07) is 18.5. The Hall–Kier alpha value is -2.86. The summed E-state index contributed by atoms with van der Waals surface area (Å²) in [5, 5.41) is 6.04. The molecule has 0 aliphatic heterocycles. The standard InChI is InChI=1S/C19H16BrN3O2/c1-25-18-8-3-2-7-16(18)23-19(24)17-10-9-15(12-21-17)22-14-6-4-5-13(20)11-14/h2-12,22H,1H3,(H,23,24). The number of nitrogens with zero attached hydrogens (tertiary/aromatic N) is 1. The molecule has 0 aliphatic rings. The van der Waals surface area contributed by atoms with Crippen molar-refractivity contribution in [1.29, 1.82) is 0 Å². The topological polar surface area (TPSA) is 63.2 Å². The van der Waals surface area contributed by atoms with Gasteiger partial charge in [0, 0.05) is 10.2 Å². The number of hydrogen-bond donors (Lipinski definition) is 2. The molecule has 6 heteroatoms. The van der Waals surface area contributed by atoms with Gasteiger partial charge in [0.1, 0.15) is 11.4 Å². The largest absolute Gasteiger partial charge is 0.495 e. The van der Waals surface area contributed by atoms with E-state index in [1.165, 1.54) is 0 Å². The summed E-state index contributed by atoms with van der Waals surface area (Å²) >= 11 is 3.43. The zero-order valence-corrected chi connectivity index (χ0v) is 15.1. The molecule has 1 heterocycles. The van der Waals surface area contributed by atoms with Gasteiger partial charge in [0.25, 0.3) is 5.91 Å². The van der Waals surface area contributed by atoms with Gasteiger partial charge >= 0.3 is 0 Å². The number of carbonyl (C=O) groups excluding carboxylic acids is 1. The zero-order chi connectivity index (χ0) is 17.6. The fourth-order valence-corrected chi connectivity index (χ4v) is 2.67. The monoisotopic (exact) mass is 397 g/mol. The van der Waals surface area contributed by atoms with Crippen molar-refractivity contribution in [3.8, 4) is 5.75 Å². The van der Waals surface area contributed by atoms with Crippen molar-refractivity contribution >= 4 is 38.9 Å². The Bertz CT molecular complexity index is 882. The fourth-order valence-electron chi connectivity index (χ4n) is 2.27. The number of carbonyl (C=O) groups is 1. The summed E-state index contributed by atoms with van der Waals surface area (Å²) in [7, 11) is 1.56. The van der Waals surface area contributed by atoms with Crippen LogP contribution in [0.5, 0.6) is 5.75 Å². The highest BCUT2D eigenvalue weighted by Crippen LogP contribution is 2.24. The van der Waals surface area contributed by atoms with Crippen LogP contribution in [0.3, 0.4) is 0 Å². The Morgan fingerprint density at radius 3 is 2.60 bits per heavy atom. The molecule has 0 fully saturated rings. The SMILES string of the molecule is COc1ccccc1NC(=O)c1ccc(Nc2cccc(Br)c2)cn1. The number of pyridine rings is 1. The van der Waals surface area contributed by atoms with Gasteiger partial charge in [-0.05, 0) is 42.5 Å². The normalized spacial score (nSPS) is 10.2. The van der Waals surface area contributed by atoms with Crippen LogP contribution in [0, 0.1) is 0 Å². The Morgan fingerprint density at radius 2 is 1.88 bits per heavy atom. The summed E-state index contributed by atoms with van der Waals surface area (Å²) in [5.74, 6) is 0.308.